The highest BCUT2D eigenvalue weighted by molar-refractivity contribution is 5.05. The molecular formula is C15H23N5O. The number of nitrogens with zero attached hydrogens (tertiary/aromatic N) is 4. The summed E-state index contributed by atoms with van der Waals surface area (Å²) >= 11 is 0. The van der Waals surface area contributed by atoms with Gasteiger partial charge in [0.25, 0.3) is 0 Å². The van der Waals surface area contributed by atoms with E-state index in [0.717, 1.165) is 48.4 Å². The zero-order valence-electron chi connectivity index (χ0n) is 13.2. The minimum Gasteiger partial charge on any atom is -0.444 e. The van der Waals surface area contributed by atoms with Gasteiger partial charge < -0.3 is 9.73 Å². The number of oxazole rings is 1. The molecule has 2 aromatic rings. The summed E-state index contributed by atoms with van der Waals surface area (Å²) in [7, 11) is 0. The van der Waals surface area contributed by atoms with E-state index in [-0.39, 0.29) is 0 Å². The minimum atomic E-state index is 0.382. The van der Waals surface area contributed by atoms with Crippen molar-refractivity contribution < 1.29 is 4.42 Å². The van der Waals surface area contributed by atoms with Crippen molar-refractivity contribution in [3.63, 3.8) is 0 Å². The molecule has 3 heterocycles. The van der Waals surface area contributed by atoms with Crippen LogP contribution in [0.5, 0.6) is 0 Å². The van der Waals surface area contributed by atoms with Crippen LogP contribution in [0.1, 0.15) is 55.2 Å². The van der Waals surface area contributed by atoms with E-state index in [9.17, 15) is 0 Å². The van der Waals surface area contributed by atoms with Gasteiger partial charge in [-0.2, -0.15) is 5.10 Å². The van der Waals surface area contributed by atoms with Crippen molar-refractivity contribution in [1.29, 1.82) is 0 Å². The lowest BCUT2D eigenvalue weighted by Gasteiger charge is -2.22. The number of hydrogen-bond donors (Lipinski definition) is 1. The summed E-state index contributed by atoms with van der Waals surface area (Å²) in [5.74, 6) is 4.10. The maximum atomic E-state index is 5.60. The standard InChI is InChI=1S/C15H23N5O/c1-9(2)15-18-13-6-5-12(8-20(13)19-15)16-7-14-17-10(3)11(4)21-14/h9,12,16H,5-8H2,1-4H3/t12-/m1/s1. The predicted molar refractivity (Wildman–Crippen MR) is 79.0 cm³/mol. The van der Waals surface area contributed by atoms with Crippen LogP contribution in [0.25, 0.3) is 0 Å². The van der Waals surface area contributed by atoms with Crippen molar-refractivity contribution in [1.82, 2.24) is 25.1 Å². The van der Waals surface area contributed by atoms with Crippen LogP contribution in [0, 0.1) is 13.8 Å². The zero-order chi connectivity index (χ0) is 15.0. The van der Waals surface area contributed by atoms with Gasteiger partial charge in [0.15, 0.2) is 5.82 Å². The number of rotatable bonds is 4. The van der Waals surface area contributed by atoms with Crippen LogP contribution in [0.3, 0.4) is 0 Å². The Bertz CT molecular complexity index is 609. The highest BCUT2D eigenvalue weighted by Crippen LogP contribution is 2.17. The van der Waals surface area contributed by atoms with Crippen molar-refractivity contribution in [2.75, 3.05) is 0 Å². The molecular weight excluding hydrogens is 266 g/mol. The van der Waals surface area contributed by atoms with Gasteiger partial charge in [0, 0.05) is 18.4 Å². The van der Waals surface area contributed by atoms with Gasteiger partial charge in [-0.3, -0.25) is 0 Å². The van der Waals surface area contributed by atoms with Gasteiger partial charge in [0.05, 0.1) is 18.8 Å². The van der Waals surface area contributed by atoms with Crippen molar-refractivity contribution in [2.45, 2.75) is 65.6 Å². The molecule has 0 saturated heterocycles. The Kier molecular flexibility index (Phi) is 3.80. The minimum absolute atomic E-state index is 0.382. The molecule has 114 valence electrons. The Balaban J connectivity index is 1.61. The first kappa shape index (κ1) is 14.3. The highest BCUT2D eigenvalue weighted by Gasteiger charge is 2.22. The van der Waals surface area contributed by atoms with E-state index in [1.54, 1.807) is 0 Å². The Morgan fingerprint density at radius 3 is 2.81 bits per heavy atom. The third-order valence-corrected chi connectivity index (χ3v) is 4.01. The normalized spacial score (nSPS) is 18.2. The second-order valence-corrected chi connectivity index (χ2v) is 6.09. The smallest absolute Gasteiger partial charge is 0.208 e. The molecule has 3 rings (SSSR count). The van der Waals surface area contributed by atoms with Crippen LogP contribution in [0.2, 0.25) is 0 Å². The first-order chi connectivity index (χ1) is 10.0. The second-order valence-electron chi connectivity index (χ2n) is 6.09. The van der Waals surface area contributed by atoms with Crippen LogP contribution >= 0.6 is 0 Å². The van der Waals surface area contributed by atoms with Crippen molar-refractivity contribution >= 4 is 0 Å². The monoisotopic (exact) mass is 289 g/mol. The van der Waals surface area contributed by atoms with Gasteiger partial charge in [-0.15, -0.1) is 0 Å². The SMILES string of the molecule is Cc1nc(CN[C@@H]2CCc3nc(C(C)C)nn3C2)oc1C. The third kappa shape index (κ3) is 3.00. The topological polar surface area (TPSA) is 68.8 Å². The lowest BCUT2D eigenvalue weighted by molar-refractivity contribution is 0.339. The lowest BCUT2D eigenvalue weighted by Crippen LogP contribution is -2.37. The van der Waals surface area contributed by atoms with Gasteiger partial charge in [-0.05, 0) is 20.3 Å². The first-order valence-electron chi connectivity index (χ1n) is 7.63. The van der Waals surface area contributed by atoms with E-state index < -0.39 is 0 Å². The molecule has 0 amide bonds. The van der Waals surface area contributed by atoms with Crippen LogP contribution in [-0.4, -0.2) is 25.8 Å². The summed E-state index contributed by atoms with van der Waals surface area (Å²) in [6.45, 7) is 9.71. The van der Waals surface area contributed by atoms with E-state index in [1.807, 2.05) is 18.5 Å². The summed E-state index contributed by atoms with van der Waals surface area (Å²) < 4.78 is 7.65. The Labute approximate surface area is 125 Å². The van der Waals surface area contributed by atoms with Crippen molar-refractivity contribution in [3.8, 4) is 0 Å². The molecule has 0 fully saturated rings. The fourth-order valence-electron chi connectivity index (χ4n) is 2.59. The van der Waals surface area contributed by atoms with E-state index in [2.05, 4.69) is 34.2 Å². The zero-order valence-corrected chi connectivity index (χ0v) is 13.2. The molecule has 6 heteroatoms. The summed E-state index contributed by atoms with van der Waals surface area (Å²) in [5.41, 5.74) is 0.968. The molecule has 0 aliphatic carbocycles. The van der Waals surface area contributed by atoms with Gasteiger partial charge in [0.2, 0.25) is 5.89 Å². The molecule has 1 aliphatic rings. The van der Waals surface area contributed by atoms with Crippen LogP contribution in [0.15, 0.2) is 4.42 Å². The molecule has 0 bridgehead atoms. The van der Waals surface area contributed by atoms with Gasteiger partial charge in [-0.25, -0.2) is 14.6 Å². The summed E-state index contributed by atoms with van der Waals surface area (Å²) in [6.07, 6.45) is 2.05. The molecule has 0 aromatic carbocycles. The van der Waals surface area contributed by atoms with Gasteiger partial charge in [-0.1, -0.05) is 13.8 Å². The fraction of sp³-hybridized carbons (Fsp3) is 0.667. The van der Waals surface area contributed by atoms with Crippen LogP contribution < -0.4 is 5.32 Å². The summed E-state index contributed by atoms with van der Waals surface area (Å²) in [6, 6.07) is 0.395. The maximum Gasteiger partial charge on any atom is 0.208 e. The van der Waals surface area contributed by atoms with Crippen LogP contribution in [-0.2, 0) is 19.5 Å². The van der Waals surface area contributed by atoms with Gasteiger partial charge in [0.1, 0.15) is 11.6 Å². The van der Waals surface area contributed by atoms with Crippen molar-refractivity contribution in [2.24, 2.45) is 0 Å². The molecule has 0 spiro atoms. The molecule has 6 nitrogen and oxygen atoms in total. The fourth-order valence-corrected chi connectivity index (χ4v) is 2.59. The summed E-state index contributed by atoms with van der Waals surface area (Å²) in [5, 5.41) is 8.11. The van der Waals surface area contributed by atoms with E-state index in [0.29, 0.717) is 18.5 Å². The number of aromatic nitrogens is 4. The lowest BCUT2D eigenvalue weighted by atomic mass is 10.1. The second kappa shape index (κ2) is 5.60. The molecule has 1 aliphatic heterocycles. The number of nitrogens with one attached hydrogen (secondary N) is 1. The first-order valence-corrected chi connectivity index (χ1v) is 7.63. The average Bonchev–Trinajstić information content (AvgIpc) is 3.00. The Morgan fingerprint density at radius 1 is 1.33 bits per heavy atom. The largest absolute Gasteiger partial charge is 0.444 e. The predicted octanol–water partition coefficient (Wildman–Crippen LogP) is 2.11. The van der Waals surface area contributed by atoms with E-state index in [1.165, 1.54) is 0 Å². The third-order valence-electron chi connectivity index (χ3n) is 4.01. The molecule has 1 atom stereocenters. The highest BCUT2D eigenvalue weighted by atomic mass is 16.4. The molecule has 0 radical (unpaired) electrons. The van der Waals surface area contributed by atoms with Crippen molar-refractivity contribution in [3.05, 3.63) is 29.0 Å². The maximum absolute atomic E-state index is 5.60. The molecule has 2 aromatic heterocycles. The van der Waals surface area contributed by atoms with E-state index >= 15 is 0 Å². The molecule has 0 unspecified atom stereocenters. The number of hydrogen-bond acceptors (Lipinski definition) is 5. The molecule has 21 heavy (non-hydrogen) atoms. The Hall–Kier alpha value is -1.69. The van der Waals surface area contributed by atoms with E-state index in [4.69, 9.17) is 4.42 Å². The molecule has 1 N–H and O–H groups in total. The summed E-state index contributed by atoms with van der Waals surface area (Å²) in [4.78, 5) is 9.01. The quantitative estimate of drug-likeness (QED) is 0.933. The van der Waals surface area contributed by atoms with Crippen LogP contribution in [0.4, 0.5) is 0 Å². The Morgan fingerprint density at radius 2 is 2.14 bits per heavy atom. The number of fused-ring (bicyclic) bond motifs is 1. The average molecular weight is 289 g/mol. The molecule has 0 saturated carbocycles. The number of aryl methyl sites for hydroxylation is 3. The van der Waals surface area contributed by atoms with Gasteiger partial charge >= 0.3 is 0 Å².